The molecule has 1 aromatic heterocycles. The molecule has 0 saturated carbocycles. The molecular formula is C30H40FN7O3. The van der Waals surface area contributed by atoms with Crippen LogP contribution in [0.1, 0.15) is 38.2 Å². The van der Waals surface area contributed by atoms with Crippen molar-refractivity contribution >= 4 is 29.3 Å². The van der Waals surface area contributed by atoms with Crippen LogP contribution in [0.5, 0.6) is 0 Å². The van der Waals surface area contributed by atoms with E-state index in [-0.39, 0.29) is 23.7 Å². The molecule has 1 aromatic carbocycles. The van der Waals surface area contributed by atoms with Crippen LogP contribution >= 0.6 is 0 Å². The zero-order chi connectivity index (χ0) is 29.6. The molecule has 1 fully saturated rings. The molecule has 10 nitrogen and oxygen atoms in total. The number of ether oxygens (including phenoxy) is 1. The molecule has 0 aliphatic carbocycles. The Morgan fingerprint density at radius 3 is 2.85 bits per heavy atom. The molecule has 0 radical (unpaired) electrons. The molecule has 2 heterocycles. The quantitative estimate of drug-likeness (QED) is 0.193. The van der Waals surface area contributed by atoms with Gasteiger partial charge in [-0.2, -0.15) is 4.98 Å². The predicted molar refractivity (Wildman–Crippen MR) is 158 cm³/mol. The van der Waals surface area contributed by atoms with Gasteiger partial charge in [-0.25, -0.2) is 9.37 Å². The van der Waals surface area contributed by atoms with E-state index >= 15 is 0 Å². The first-order valence-electron chi connectivity index (χ1n) is 13.9. The molecule has 220 valence electrons. The largest absolute Gasteiger partial charge is 0.380 e. The second-order valence-corrected chi connectivity index (χ2v) is 9.98. The number of aromatic nitrogens is 2. The Morgan fingerprint density at radius 2 is 2.12 bits per heavy atom. The first kappa shape index (κ1) is 31.5. The standard InChI is InChI=1S/C30H40FN7O3/c1-5-15-32-28-22(20-34-30(36-28)35-24-13-9-12-23(31)18-24)11-7-6-8-16-33-29(40)26-19-25(41-4)21-38(26)27(39)14-10-17-37(2)3/h9-10,12-14,18,20,25-26H,5-6,8,15-17,19,21H2,1-4H3,(H,33,40)(H2,32,34,35,36)/b14-10+/t25-,26?/m0/s1. The molecule has 1 aliphatic rings. The summed E-state index contributed by atoms with van der Waals surface area (Å²) in [4.78, 5) is 38.0. The van der Waals surface area contributed by atoms with Crippen LogP contribution in [0.15, 0.2) is 42.6 Å². The fraction of sp³-hybridized carbons (Fsp3) is 0.467. The molecule has 41 heavy (non-hydrogen) atoms. The Balaban J connectivity index is 1.53. The van der Waals surface area contributed by atoms with Crippen molar-refractivity contribution in [2.45, 2.75) is 44.8 Å². The highest BCUT2D eigenvalue weighted by atomic mass is 19.1. The lowest BCUT2D eigenvalue weighted by molar-refractivity contribution is -0.135. The van der Waals surface area contributed by atoms with Gasteiger partial charge in [0.1, 0.15) is 17.7 Å². The molecule has 1 saturated heterocycles. The van der Waals surface area contributed by atoms with Crippen LogP contribution in [0.2, 0.25) is 0 Å². The van der Waals surface area contributed by atoms with Gasteiger partial charge < -0.3 is 30.5 Å². The summed E-state index contributed by atoms with van der Waals surface area (Å²) in [5.74, 6) is 6.44. The summed E-state index contributed by atoms with van der Waals surface area (Å²) in [6.45, 7) is 4.24. The zero-order valence-electron chi connectivity index (χ0n) is 24.2. The number of carbonyl (C=O) groups is 2. The van der Waals surface area contributed by atoms with Gasteiger partial charge in [0.2, 0.25) is 17.8 Å². The van der Waals surface area contributed by atoms with E-state index in [0.717, 1.165) is 6.42 Å². The van der Waals surface area contributed by atoms with Crippen molar-refractivity contribution in [2.24, 2.45) is 0 Å². The molecule has 2 amide bonds. The molecule has 3 N–H and O–H groups in total. The Hall–Kier alpha value is -4.01. The number of likely N-dealkylation sites (N-methyl/N-ethyl adjacent to an activating group) is 1. The van der Waals surface area contributed by atoms with Crippen molar-refractivity contribution in [2.75, 3.05) is 58.0 Å². The zero-order valence-corrected chi connectivity index (χ0v) is 24.2. The molecule has 1 unspecified atom stereocenters. The van der Waals surface area contributed by atoms with Crippen LogP contribution in [0, 0.1) is 17.7 Å². The van der Waals surface area contributed by atoms with Gasteiger partial charge in [0.05, 0.1) is 17.9 Å². The van der Waals surface area contributed by atoms with Crippen LogP contribution < -0.4 is 16.0 Å². The van der Waals surface area contributed by atoms with Gasteiger partial charge >= 0.3 is 0 Å². The summed E-state index contributed by atoms with van der Waals surface area (Å²) >= 11 is 0. The fourth-order valence-electron chi connectivity index (χ4n) is 4.19. The highest BCUT2D eigenvalue weighted by Crippen LogP contribution is 2.21. The van der Waals surface area contributed by atoms with Crippen LogP contribution in [0.25, 0.3) is 0 Å². The lowest BCUT2D eigenvalue weighted by Crippen LogP contribution is -2.45. The van der Waals surface area contributed by atoms with Crippen molar-refractivity contribution in [1.82, 2.24) is 25.1 Å². The number of nitrogens with one attached hydrogen (secondary N) is 3. The van der Waals surface area contributed by atoms with Crippen molar-refractivity contribution < 1.29 is 18.7 Å². The number of rotatable bonds is 13. The van der Waals surface area contributed by atoms with Crippen molar-refractivity contribution in [3.8, 4) is 11.8 Å². The molecule has 0 bridgehead atoms. The monoisotopic (exact) mass is 565 g/mol. The summed E-state index contributed by atoms with van der Waals surface area (Å²) in [6, 6.07) is 5.53. The van der Waals surface area contributed by atoms with Gasteiger partial charge in [-0.3, -0.25) is 9.59 Å². The molecular weight excluding hydrogens is 525 g/mol. The van der Waals surface area contributed by atoms with E-state index in [1.807, 2.05) is 19.0 Å². The maximum absolute atomic E-state index is 13.5. The van der Waals surface area contributed by atoms with E-state index in [4.69, 9.17) is 4.74 Å². The normalized spacial score (nSPS) is 16.5. The Labute approximate surface area is 241 Å². The summed E-state index contributed by atoms with van der Waals surface area (Å²) in [5.41, 5.74) is 1.20. The third-order valence-corrected chi connectivity index (χ3v) is 6.33. The maximum Gasteiger partial charge on any atom is 0.247 e. The Bertz CT molecular complexity index is 1260. The molecule has 1 aliphatic heterocycles. The minimum atomic E-state index is -0.564. The smallest absolute Gasteiger partial charge is 0.247 e. The van der Waals surface area contributed by atoms with Gasteiger partial charge in [0, 0.05) is 57.9 Å². The van der Waals surface area contributed by atoms with Crippen LogP contribution in [-0.4, -0.2) is 91.1 Å². The number of hydrogen-bond donors (Lipinski definition) is 3. The number of likely N-dealkylation sites (tertiary alicyclic amines) is 1. The van der Waals surface area contributed by atoms with Gasteiger partial charge in [-0.05, 0) is 45.1 Å². The van der Waals surface area contributed by atoms with Crippen molar-refractivity contribution in [1.29, 1.82) is 0 Å². The van der Waals surface area contributed by atoms with E-state index in [2.05, 4.69) is 44.7 Å². The minimum absolute atomic E-state index is 0.170. The third-order valence-electron chi connectivity index (χ3n) is 6.33. The number of nitrogens with zero attached hydrogens (tertiary/aromatic N) is 4. The third kappa shape index (κ3) is 10.2. The number of methoxy groups -OCH3 is 1. The molecule has 3 rings (SSSR count). The van der Waals surface area contributed by atoms with Crippen LogP contribution in [-0.2, 0) is 14.3 Å². The van der Waals surface area contributed by atoms with Gasteiger partial charge in [-0.1, -0.05) is 30.9 Å². The van der Waals surface area contributed by atoms with E-state index < -0.39 is 6.04 Å². The first-order valence-corrected chi connectivity index (χ1v) is 13.9. The SMILES string of the molecule is CCCNc1nc(Nc2cccc(F)c2)ncc1C#CCCCNC(=O)C1C[C@H](OC)CN1C(=O)/C=C/CN(C)C. The topological polar surface area (TPSA) is 112 Å². The van der Waals surface area contributed by atoms with Crippen LogP contribution in [0.3, 0.4) is 0 Å². The van der Waals surface area contributed by atoms with Gasteiger partial charge in [0.15, 0.2) is 0 Å². The van der Waals surface area contributed by atoms with E-state index in [1.54, 1.807) is 36.4 Å². The lowest BCUT2D eigenvalue weighted by Gasteiger charge is -2.22. The fourth-order valence-corrected chi connectivity index (χ4v) is 4.19. The van der Waals surface area contributed by atoms with Gasteiger partial charge in [0.25, 0.3) is 0 Å². The summed E-state index contributed by atoms with van der Waals surface area (Å²) in [7, 11) is 5.44. The maximum atomic E-state index is 13.5. The minimum Gasteiger partial charge on any atom is -0.380 e. The average Bonchev–Trinajstić information content (AvgIpc) is 3.39. The second kappa shape index (κ2) is 16.3. The van der Waals surface area contributed by atoms with Crippen molar-refractivity contribution in [3.63, 3.8) is 0 Å². The summed E-state index contributed by atoms with van der Waals surface area (Å²) in [6.07, 6.45) is 7.34. The highest BCUT2D eigenvalue weighted by Gasteiger charge is 2.38. The van der Waals surface area contributed by atoms with Crippen molar-refractivity contribution in [3.05, 3.63) is 54.0 Å². The number of benzene rings is 1. The summed E-state index contributed by atoms with van der Waals surface area (Å²) in [5, 5.41) is 9.21. The number of amides is 2. The molecule has 11 heteroatoms. The summed E-state index contributed by atoms with van der Waals surface area (Å²) < 4.78 is 18.9. The second-order valence-electron chi connectivity index (χ2n) is 9.98. The Morgan fingerprint density at radius 1 is 1.29 bits per heavy atom. The average molecular weight is 566 g/mol. The number of halogens is 1. The number of anilines is 3. The molecule has 2 atom stereocenters. The predicted octanol–water partition coefficient (Wildman–Crippen LogP) is 3.16. The van der Waals surface area contributed by atoms with E-state index in [9.17, 15) is 14.0 Å². The molecule has 0 spiro atoms. The van der Waals surface area contributed by atoms with E-state index in [0.29, 0.717) is 68.5 Å². The van der Waals surface area contributed by atoms with E-state index in [1.165, 1.54) is 18.2 Å². The lowest BCUT2D eigenvalue weighted by atomic mass is 10.1. The first-order chi connectivity index (χ1) is 19.8. The number of hydrogen-bond acceptors (Lipinski definition) is 8. The number of carbonyl (C=O) groups excluding carboxylic acids is 2. The van der Waals surface area contributed by atoms with Crippen LogP contribution in [0.4, 0.5) is 21.8 Å². The Kier molecular flexibility index (Phi) is 12.5. The number of unbranched alkanes of at least 4 members (excludes halogenated alkanes) is 1. The highest BCUT2D eigenvalue weighted by molar-refractivity contribution is 5.93. The molecule has 2 aromatic rings. The van der Waals surface area contributed by atoms with Gasteiger partial charge in [-0.15, -0.1) is 0 Å².